The van der Waals surface area contributed by atoms with Gasteiger partial charge in [0.25, 0.3) is 0 Å². The van der Waals surface area contributed by atoms with Gasteiger partial charge in [0.1, 0.15) is 0 Å². The van der Waals surface area contributed by atoms with Crippen LogP contribution in [-0.4, -0.2) is 30.7 Å². The van der Waals surface area contributed by atoms with E-state index in [-0.39, 0.29) is 6.42 Å². The maximum Gasteiger partial charge on any atom is 0.389 e. The number of likely N-dealkylation sites (tertiary alicyclic amines) is 1. The largest absolute Gasteiger partial charge is 0.399 e. The van der Waals surface area contributed by atoms with Gasteiger partial charge in [0.15, 0.2) is 0 Å². The molecule has 2 rings (SSSR count). The van der Waals surface area contributed by atoms with Gasteiger partial charge in [0, 0.05) is 12.1 Å². The number of hydrogen-bond acceptors (Lipinski definition) is 2. The highest BCUT2D eigenvalue weighted by atomic mass is 19.4. The summed E-state index contributed by atoms with van der Waals surface area (Å²) in [5.74, 6) is 0.509. The lowest BCUT2D eigenvalue weighted by Gasteiger charge is -2.32. The second-order valence-corrected chi connectivity index (χ2v) is 5.50. The highest BCUT2D eigenvalue weighted by Gasteiger charge is 2.27. The molecule has 0 unspecified atom stereocenters. The molecule has 0 aromatic heterocycles. The first kappa shape index (κ1) is 15.2. The number of rotatable bonds is 4. The first-order valence-electron chi connectivity index (χ1n) is 7.08. The van der Waals surface area contributed by atoms with Crippen LogP contribution in [0.25, 0.3) is 0 Å². The van der Waals surface area contributed by atoms with Crippen molar-refractivity contribution in [2.24, 2.45) is 0 Å². The lowest BCUT2D eigenvalue weighted by Crippen LogP contribution is -2.34. The van der Waals surface area contributed by atoms with Crippen LogP contribution in [0.4, 0.5) is 18.9 Å². The first-order chi connectivity index (χ1) is 9.44. The summed E-state index contributed by atoms with van der Waals surface area (Å²) in [6, 6.07) is 7.93. The molecule has 1 aliphatic heterocycles. The van der Waals surface area contributed by atoms with Gasteiger partial charge in [-0.05, 0) is 62.5 Å². The number of alkyl halides is 3. The maximum atomic E-state index is 12.1. The molecule has 0 spiro atoms. The fourth-order valence-electron chi connectivity index (χ4n) is 2.76. The predicted molar refractivity (Wildman–Crippen MR) is 74.6 cm³/mol. The van der Waals surface area contributed by atoms with E-state index in [0.29, 0.717) is 12.5 Å². The molecule has 2 N–H and O–H groups in total. The molecule has 112 valence electrons. The van der Waals surface area contributed by atoms with Crippen LogP contribution in [0.1, 0.15) is 37.2 Å². The molecular formula is C15H21F3N2. The van der Waals surface area contributed by atoms with E-state index >= 15 is 0 Å². The van der Waals surface area contributed by atoms with E-state index in [9.17, 15) is 13.2 Å². The van der Waals surface area contributed by atoms with E-state index in [1.165, 1.54) is 5.56 Å². The molecule has 0 aliphatic carbocycles. The summed E-state index contributed by atoms with van der Waals surface area (Å²) >= 11 is 0. The molecular weight excluding hydrogens is 265 g/mol. The van der Waals surface area contributed by atoms with Crippen LogP contribution >= 0.6 is 0 Å². The van der Waals surface area contributed by atoms with Crippen molar-refractivity contribution in [2.45, 2.75) is 37.8 Å². The molecule has 1 fully saturated rings. The zero-order valence-electron chi connectivity index (χ0n) is 11.5. The van der Waals surface area contributed by atoms with E-state index in [4.69, 9.17) is 5.73 Å². The van der Waals surface area contributed by atoms with E-state index in [0.717, 1.165) is 31.6 Å². The lowest BCUT2D eigenvalue weighted by atomic mass is 9.89. The lowest BCUT2D eigenvalue weighted by molar-refractivity contribution is -0.136. The summed E-state index contributed by atoms with van der Waals surface area (Å²) in [4.78, 5) is 2.14. The summed E-state index contributed by atoms with van der Waals surface area (Å²) in [7, 11) is 0. The van der Waals surface area contributed by atoms with Crippen LogP contribution in [-0.2, 0) is 0 Å². The van der Waals surface area contributed by atoms with Gasteiger partial charge >= 0.3 is 6.18 Å². The number of halogens is 3. The normalized spacial score (nSPS) is 18.4. The Labute approximate surface area is 117 Å². The van der Waals surface area contributed by atoms with Gasteiger partial charge in [-0.25, -0.2) is 0 Å². The summed E-state index contributed by atoms with van der Waals surface area (Å²) in [6.45, 7) is 2.31. The first-order valence-corrected chi connectivity index (χ1v) is 7.08. The summed E-state index contributed by atoms with van der Waals surface area (Å²) < 4.78 is 36.3. The van der Waals surface area contributed by atoms with Crippen molar-refractivity contribution < 1.29 is 13.2 Å². The maximum absolute atomic E-state index is 12.1. The van der Waals surface area contributed by atoms with Crippen LogP contribution in [0.5, 0.6) is 0 Å². The van der Waals surface area contributed by atoms with Crippen molar-refractivity contribution >= 4 is 5.69 Å². The molecule has 1 aromatic rings. The fraction of sp³-hybridized carbons (Fsp3) is 0.600. The molecule has 1 heterocycles. The minimum Gasteiger partial charge on any atom is -0.399 e. The van der Waals surface area contributed by atoms with Crippen LogP contribution in [0, 0.1) is 0 Å². The number of nitrogens with two attached hydrogens (primary N) is 1. The van der Waals surface area contributed by atoms with Crippen LogP contribution in [0.15, 0.2) is 24.3 Å². The average Bonchev–Trinajstić information content (AvgIpc) is 2.39. The molecule has 2 nitrogen and oxygen atoms in total. The minimum absolute atomic E-state index is 0.204. The molecule has 1 saturated heterocycles. The zero-order chi connectivity index (χ0) is 14.6. The molecule has 20 heavy (non-hydrogen) atoms. The van der Waals surface area contributed by atoms with Gasteiger partial charge in [-0.1, -0.05) is 12.1 Å². The smallest absolute Gasteiger partial charge is 0.389 e. The second kappa shape index (κ2) is 6.48. The predicted octanol–water partition coefficient (Wildman–Crippen LogP) is 3.79. The van der Waals surface area contributed by atoms with Crippen molar-refractivity contribution in [2.75, 3.05) is 25.4 Å². The Kier molecular flexibility index (Phi) is 4.91. The third-order valence-corrected chi connectivity index (χ3v) is 3.93. The van der Waals surface area contributed by atoms with Crippen molar-refractivity contribution in [3.8, 4) is 0 Å². The summed E-state index contributed by atoms with van der Waals surface area (Å²) in [5, 5.41) is 0. The van der Waals surface area contributed by atoms with Crippen LogP contribution in [0.3, 0.4) is 0 Å². The Hall–Kier alpha value is -1.23. The third kappa shape index (κ3) is 4.71. The molecule has 0 bridgehead atoms. The van der Waals surface area contributed by atoms with E-state index in [1.807, 2.05) is 12.1 Å². The average molecular weight is 286 g/mol. The summed E-state index contributed by atoms with van der Waals surface area (Å²) in [6.07, 6.45) is -2.48. The minimum atomic E-state index is -4.03. The zero-order valence-corrected chi connectivity index (χ0v) is 11.5. The van der Waals surface area contributed by atoms with Gasteiger partial charge in [-0.15, -0.1) is 0 Å². The van der Waals surface area contributed by atoms with E-state index in [1.54, 1.807) is 0 Å². The van der Waals surface area contributed by atoms with E-state index in [2.05, 4.69) is 17.0 Å². The second-order valence-electron chi connectivity index (χ2n) is 5.50. The molecule has 0 saturated carbocycles. The van der Waals surface area contributed by atoms with E-state index < -0.39 is 12.6 Å². The van der Waals surface area contributed by atoms with Gasteiger partial charge in [0.05, 0.1) is 0 Å². The highest BCUT2D eigenvalue weighted by molar-refractivity contribution is 5.40. The highest BCUT2D eigenvalue weighted by Crippen LogP contribution is 2.29. The Morgan fingerprint density at radius 2 is 1.70 bits per heavy atom. The molecule has 1 aromatic carbocycles. The molecule has 0 amide bonds. The van der Waals surface area contributed by atoms with Crippen LogP contribution < -0.4 is 5.73 Å². The number of anilines is 1. The number of piperidine rings is 1. The van der Waals surface area contributed by atoms with Gasteiger partial charge < -0.3 is 10.6 Å². The van der Waals surface area contributed by atoms with Crippen molar-refractivity contribution in [3.63, 3.8) is 0 Å². The number of nitrogens with zero attached hydrogens (tertiary/aromatic N) is 1. The third-order valence-electron chi connectivity index (χ3n) is 3.93. The standard InChI is InChI=1S/C15H21F3N2/c16-15(17,18)8-1-9-20-10-6-13(7-11-20)12-2-4-14(19)5-3-12/h2-5,13H,1,6-11,19H2. The van der Waals surface area contributed by atoms with Crippen LogP contribution in [0.2, 0.25) is 0 Å². The SMILES string of the molecule is Nc1ccc(C2CCN(CCCC(F)(F)F)CC2)cc1. The van der Waals surface area contributed by atoms with Gasteiger partial charge in [0.2, 0.25) is 0 Å². The number of benzene rings is 1. The number of hydrogen-bond donors (Lipinski definition) is 1. The molecule has 0 radical (unpaired) electrons. The Morgan fingerprint density at radius 3 is 2.25 bits per heavy atom. The number of nitrogen functional groups attached to an aromatic ring is 1. The van der Waals surface area contributed by atoms with Crippen molar-refractivity contribution in [1.82, 2.24) is 4.90 Å². The Morgan fingerprint density at radius 1 is 1.10 bits per heavy atom. The van der Waals surface area contributed by atoms with Gasteiger partial charge in [-0.2, -0.15) is 13.2 Å². The summed E-state index contributed by atoms with van der Waals surface area (Å²) in [5.41, 5.74) is 7.72. The quantitative estimate of drug-likeness (QED) is 0.853. The van der Waals surface area contributed by atoms with Crippen molar-refractivity contribution in [1.29, 1.82) is 0 Å². The van der Waals surface area contributed by atoms with Gasteiger partial charge in [-0.3, -0.25) is 0 Å². The fourth-order valence-corrected chi connectivity index (χ4v) is 2.76. The molecule has 1 aliphatic rings. The topological polar surface area (TPSA) is 29.3 Å². The molecule has 0 atom stereocenters. The molecule has 5 heteroatoms. The monoisotopic (exact) mass is 286 g/mol. The Bertz CT molecular complexity index is 406. The van der Waals surface area contributed by atoms with Crippen molar-refractivity contribution in [3.05, 3.63) is 29.8 Å². The Balaban J connectivity index is 1.74.